The molecule has 0 spiro atoms. The maximum absolute atomic E-state index is 13.1. The summed E-state index contributed by atoms with van der Waals surface area (Å²) in [6, 6.07) is 5.78. The Bertz CT molecular complexity index is 698. The van der Waals surface area contributed by atoms with Crippen molar-refractivity contribution in [3.8, 4) is 0 Å². The van der Waals surface area contributed by atoms with Crippen LogP contribution in [-0.2, 0) is 16.3 Å². The van der Waals surface area contributed by atoms with E-state index in [-0.39, 0.29) is 5.41 Å². The Morgan fingerprint density at radius 1 is 1.17 bits per heavy atom. The first-order valence-corrected chi connectivity index (χ1v) is 10.9. The molecule has 0 atom stereocenters. The lowest BCUT2D eigenvalue weighted by Crippen LogP contribution is -2.49. The summed E-state index contributed by atoms with van der Waals surface area (Å²) in [6.07, 6.45) is 0.642. The van der Waals surface area contributed by atoms with Crippen molar-refractivity contribution in [1.82, 2.24) is 15.5 Å². The molecule has 0 aromatic heterocycles. The first-order chi connectivity index (χ1) is 14.4. The Labute approximate surface area is 177 Å². The van der Waals surface area contributed by atoms with Crippen LogP contribution in [0.2, 0.25) is 0 Å². The number of hydrogen-bond acceptors (Lipinski definition) is 3. The van der Waals surface area contributed by atoms with Crippen LogP contribution >= 0.6 is 0 Å². The number of morpholine rings is 1. The van der Waals surface area contributed by atoms with Crippen LogP contribution in [0.5, 0.6) is 0 Å². The standard InChI is InChI=1S/C22H33F3N4O/c1-26-20(27-10-2-3-11-29-12-14-30-15-13-29)28-17-21(8-5-9-21)18-6-4-7-19(16-18)22(23,24)25/h4,6-7,16H,2-3,5,8-15,17H2,1H3,(H2,26,27,28). The first kappa shape index (κ1) is 22.9. The molecule has 0 bridgehead atoms. The fraction of sp³-hybridized carbons (Fsp3) is 0.682. The van der Waals surface area contributed by atoms with E-state index in [0.29, 0.717) is 12.5 Å². The number of halogens is 3. The number of hydrogen-bond donors (Lipinski definition) is 2. The third-order valence-corrected chi connectivity index (χ3v) is 6.23. The number of unbranched alkanes of at least 4 members (excludes halogenated alkanes) is 1. The highest BCUT2D eigenvalue weighted by atomic mass is 19.4. The van der Waals surface area contributed by atoms with Crippen molar-refractivity contribution in [3.63, 3.8) is 0 Å². The second-order valence-corrected chi connectivity index (χ2v) is 8.23. The van der Waals surface area contributed by atoms with Crippen LogP contribution in [0.1, 0.15) is 43.2 Å². The fourth-order valence-corrected chi connectivity index (χ4v) is 4.16. The third kappa shape index (κ3) is 6.11. The molecule has 1 aliphatic heterocycles. The molecule has 1 aromatic carbocycles. The Morgan fingerprint density at radius 2 is 1.93 bits per heavy atom. The minimum absolute atomic E-state index is 0.255. The van der Waals surface area contributed by atoms with Crippen molar-refractivity contribution < 1.29 is 17.9 Å². The molecular formula is C22H33F3N4O. The molecule has 1 saturated heterocycles. The van der Waals surface area contributed by atoms with Gasteiger partial charge in [0.25, 0.3) is 0 Å². The van der Waals surface area contributed by atoms with E-state index in [9.17, 15) is 13.2 Å². The summed E-state index contributed by atoms with van der Waals surface area (Å²) in [4.78, 5) is 6.70. The van der Waals surface area contributed by atoms with E-state index >= 15 is 0 Å². The summed E-state index contributed by atoms with van der Waals surface area (Å²) in [6.45, 7) is 6.14. The highest BCUT2D eigenvalue weighted by molar-refractivity contribution is 5.79. The number of nitrogens with zero attached hydrogens (tertiary/aromatic N) is 2. The lowest BCUT2D eigenvalue weighted by Gasteiger charge is -2.43. The number of guanidine groups is 1. The Kier molecular flexibility index (Phi) is 7.99. The quantitative estimate of drug-likeness (QED) is 0.380. The predicted octanol–water partition coefficient (Wildman–Crippen LogP) is 3.40. The smallest absolute Gasteiger partial charge is 0.379 e. The molecule has 5 nitrogen and oxygen atoms in total. The van der Waals surface area contributed by atoms with E-state index in [1.807, 2.05) is 6.07 Å². The molecule has 2 fully saturated rings. The van der Waals surface area contributed by atoms with Crippen molar-refractivity contribution in [2.75, 3.05) is 53.0 Å². The van der Waals surface area contributed by atoms with Crippen LogP contribution in [0.4, 0.5) is 13.2 Å². The van der Waals surface area contributed by atoms with Gasteiger partial charge in [-0.3, -0.25) is 9.89 Å². The van der Waals surface area contributed by atoms with Crippen LogP contribution in [0.15, 0.2) is 29.3 Å². The first-order valence-electron chi connectivity index (χ1n) is 10.9. The van der Waals surface area contributed by atoms with Crippen LogP contribution < -0.4 is 10.6 Å². The van der Waals surface area contributed by atoms with Gasteiger partial charge in [-0.15, -0.1) is 0 Å². The summed E-state index contributed by atoms with van der Waals surface area (Å²) in [5.74, 6) is 0.708. The summed E-state index contributed by atoms with van der Waals surface area (Å²) >= 11 is 0. The van der Waals surface area contributed by atoms with Crippen molar-refractivity contribution in [3.05, 3.63) is 35.4 Å². The number of alkyl halides is 3. The lowest BCUT2D eigenvalue weighted by atomic mass is 9.64. The molecule has 1 aromatic rings. The van der Waals surface area contributed by atoms with Crippen molar-refractivity contribution in [2.24, 2.45) is 4.99 Å². The molecule has 1 heterocycles. The molecular weight excluding hydrogens is 393 g/mol. The highest BCUT2D eigenvalue weighted by Gasteiger charge is 2.40. The molecule has 168 valence electrons. The number of benzene rings is 1. The molecule has 0 radical (unpaired) electrons. The van der Waals surface area contributed by atoms with Gasteiger partial charge >= 0.3 is 6.18 Å². The van der Waals surface area contributed by atoms with Crippen LogP contribution in [-0.4, -0.2) is 63.8 Å². The maximum Gasteiger partial charge on any atom is 0.416 e. The average Bonchev–Trinajstić information content (AvgIpc) is 2.71. The highest BCUT2D eigenvalue weighted by Crippen LogP contribution is 2.44. The van der Waals surface area contributed by atoms with E-state index in [2.05, 4.69) is 20.5 Å². The number of ether oxygens (including phenoxy) is 1. The summed E-state index contributed by atoms with van der Waals surface area (Å²) in [5, 5.41) is 6.67. The van der Waals surface area contributed by atoms with E-state index in [1.54, 1.807) is 7.05 Å². The third-order valence-electron chi connectivity index (χ3n) is 6.23. The van der Waals surface area contributed by atoms with Gasteiger partial charge in [0.2, 0.25) is 0 Å². The molecule has 3 rings (SSSR count). The SMILES string of the molecule is CN=C(NCCCCN1CCOCC1)NCC1(c2cccc(C(F)(F)F)c2)CCC1. The normalized spacial score (nSPS) is 19.9. The van der Waals surface area contributed by atoms with Gasteiger partial charge in [-0.2, -0.15) is 13.2 Å². The topological polar surface area (TPSA) is 48.9 Å². The van der Waals surface area contributed by atoms with Gasteiger partial charge in [0.15, 0.2) is 5.96 Å². The fourth-order valence-electron chi connectivity index (χ4n) is 4.16. The van der Waals surface area contributed by atoms with E-state index in [1.165, 1.54) is 12.1 Å². The van der Waals surface area contributed by atoms with Gasteiger partial charge in [-0.1, -0.05) is 24.6 Å². The van der Waals surface area contributed by atoms with Gasteiger partial charge in [-0.05, 0) is 43.9 Å². The van der Waals surface area contributed by atoms with E-state index < -0.39 is 11.7 Å². The van der Waals surface area contributed by atoms with Crippen LogP contribution in [0.3, 0.4) is 0 Å². The number of aliphatic imine (C=N–C) groups is 1. The lowest BCUT2D eigenvalue weighted by molar-refractivity contribution is -0.137. The van der Waals surface area contributed by atoms with Crippen molar-refractivity contribution in [1.29, 1.82) is 0 Å². The molecule has 1 saturated carbocycles. The van der Waals surface area contributed by atoms with Gasteiger partial charge in [0.05, 0.1) is 18.8 Å². The minimum atomic E-state index is -4.31. The number of nitrogens with one attached hydrogen (secondary N) is 2. The molecule has 8 heteroatoms. The zero-order valence-corrected chi connectivity index (χ0v) is 17.7. The maximum atomic E-state index is 13.1. The zero-order valence-electron chi connectivity index (χ0n) is 17.7. The monoisotopic (exact) mass is 426 g/mol. The molecule has 30 heavy (non-hydrogen) atoms. The largest absolute Gasteiger partial charge is 0.416 e. The Balaban J connectivity index is 1.45. The number of rotatable bonds is 8. The van der Waals surface area contributed by atoms with Gasteiger partial charge in [0.1, 0.15) is 0 Å². The van der Waals surface area contributed by atoms with Gasteiger partial charge in [-0.25, -0.2) is 0 Å². The zero-order chi connectivity index (χ0) is 21.5. The van der Waals surface area contributed by atoms with Crippen LogP contribution in [0, 0.1) is 0 Å². The predicted molar refractivity (Wildman–Crippen MR) is 113 cm³/mol. The summed E-state index contributed by atoms with van der Waals surface area (Å²) in [5.41, 5.74) is -0.0686. The second-order valence-electron chi connectivity index (χ2n) is 8.23. The van der Waals surface area contributed by atoms with Crippen LogP contribution in [0.25, 0.3) is 0 Å². The molecule has 2 N–H and O–H groups in total. The molecule has 0 unspecified atom stereocenters. The molecule has 2 aliphatic rings. The van der Waals surface area contributed by atoms with Crippen molar-refractivity contribution in [2.45, 2.75) is 43.7 Å². The summed E-state index contributed by atoms with van der Waals surface area (Å²) < 4.78 is 44.7. The summed E-state index contributed by atoms with van der Waals surface area (Å²) in [7, 11) is 1.72. The Morgan fingerprint density at radius 3 is 2.57 bits per heavy atom. The molecule has 1 aliphatic carbocycles. The average molecular weight is 427 g/mol. The van der Waals surface area contributed by atoms with Gasteiger partial charge in [0, 0.05) is 38.6 Å². The van der Waals surface area contributed by atoms with Gasteiger partial charge < -0.3 is 15.4 Å². The van der Waals surface area contributed by atoms with E-state index in [0.717, 1.165) is 83.1 Å². The minimum Gasteiger partial charge on any atom is -0.379 e. The Hall–Kier alpha value is -1.80. The molecule has 0 amide bonds. The van der Waals surface area contributed by atoms with E-state index in [4.69, 9.17) is 4.74 Å². The van der Waals surface area contributed by atoms with Crippen molar-refractivity contribution >= 4 is 5.96 Å². The second kappa shape index (κ2) is 10.5.